The summed E-state index contributed by atoms with van der Waals surface area (Å²) in [4.78, 5) is 46.6. The standard InChI is InChI=1S/C17H20N2O4.C17H22N2O4/c1-17(2,3)23-16-19-13(15(20)21-4)14(22-16)11-9-18-12-8-6-5-7-10(11)12;1-17(2,3)23-16(21)19-14(15(20)22-4)9-11-10-18-13-8-6-5-7-12(11)13/h5-9,13-14,18H,1-4H3;5-8,10,14,18H,9H2,1-4H3,(H,19,21). The second-order valence-electron chi connectivity index (χ2n) is 12.7. The Morgan fingerprint density at radius 3 is 2.09 bits per heavy atom. The van der Waals surface area contributed by atoms with Gasteiger partial charge in [0, 0.05) is 46.2 Å². The molecule has 1 amide bonds. The van der Waals surface area contributed by atoms with Gasteiger partial charge in [-0.3, -0.25) is 0 Å². The summed E-state index contributed by atoms with van der Waals surface area (Å²) in [5, 5.41) is 4.57. The van der Waals surface area contributed by atoms with Gasteiger partial charge in [-0.1, -0.05) is 36.4 Å². The monoisotopic (exact) mass is 634 g/mol. The van der Waals surface area contributed by atoms with Crippen molar-refractivity contribution < 1.29 is 38.1 Å². The van der Waals surface area contributed by atoms with Crippen LogP contribution in [0.4, 0.5) is 4.79 Å². The van der Waals surface area contributed by atoms with E-state index < -0.39 is 47.4 Å². The zero-order valence-corrected chi connectivity index (χ0v) is 27.4. The molecule has 0 saturated carbocycles. The zero-order valence-electron chi connectivity index (χ0n) is 27.4. The number of hydrogen-bond donors (Lipinski definition) is 3. The van der Waals surface area contributed by atoms with Crippen LogP contribution in [0.25, 0.3) is 21.8 Å². The normalized spacial score (nSPS) is 16.8. The van der Waals surface area contributed by atoms with Crippen molar-refractivity contribution in [3.8, 4) is 0 Å². The third-order valence-electron chi connectivity index (χ3n) is 6.80. The van der Waals surface area contributed by atoms with Crippen LogP contribution in [0.5, 0.6) is 0 Å². The predicted octanol–water partition coefficient (Wildman–Crippen LogP) is 5.73. The number of carbonyl (C=O) groups excluding carboxylic acids is 3. The number of aromatic amines is 2. The molecule has 0 saturated heterocycles. The van der Waals surface area contributed by atoms with E-state index in [9.17, 15) is 14.4 Å². The average molecular weight is 635 g/mol. The molecule has 3 unspecified atom stereocenters. The first-order valence-electron chi connectivity index (χ1n) is 14.9. The van der Waals surface area contributed by atoms with Crippen molar-refractivity contribution in [2.24, 2.45) is 4.99 Å². The summed E-state index contributed by atoms with van der Waals surface area (Å²) in [7, 11) is 2.63. The van der Waals surface area contributed by atoms with E-state index in [1.807, 2.05) is 81.7 Å². The van der Waals surface area contributed by atoms with Gasteiger partial charge in [-0.15, -0.1) is 0 Å². The summed E-state index contributed by atoms with van der Waals surface area (Å²) in [6, 6.07) is 14.0. The molecule has 0 spiro atoms. The number of ether oxygens (including phenoxy) is 5. The van der Waals surface area contributed by atoms with E-state index >= 15 is 0 Å². The van der Waals surface area contributed by atoms with Crippen LogP contribution < -0.4 is 5.32 Å². The molecular formula is C34H42N4O8. The van der Waals surface area contributed by atoms with Crippen LogP contribution in [-0.2, 0) is 39.7 Å². The number of methoxy groups -OCH3 is 2. The summed E-state index contributed by atoms with van der Waals surface area (Å²) >= 11 is 0. The maximum Gasteiger partial charge on any atom is 0.408 e. The number of hydrogen-bond acceptors (Lipinski definition) is 9. The number of amides is 1. The molecule has 5 rings (SSSR count). The van der Waals surface area contributed by atoms with Crippen molar-refractivity contribution in [2.45, 2.75) is 77.4 Å². The number of alkyl carbamates (subject to hydrolysis) is 1. The van der Waals surface area contributed by atoms with Crippen LogP contribution in [0.1, 0.15) is 58.8 Å². The first-order chi connectivity index (χ1) is 21.7. The summed E-state index contributed by atoms with van der Waals surface area (Å²) in [5.41, 5.74) is 2.63. The van der Waals surface area contributed by atoms with Gasteiger partial charge in [0.25, 0.3) is 0 Å². The number of rotatable bonds is 6. The van der Waals surface area contributed by atoms with E-state index in [-0.39, 0.29) is 6.08 Å². The molecule has 4 aromatic rings. The third kappa shape index (κ3) is 8.58. The fourth-order valence-electron chi connectivity index (χ4n) is 4.86. The van der Waals surface area contributed by atoms with E-state index in [1.54, 1.807) is 20.8 Å². The highest BCUT2D eigenvalue weighted by Crippen LogP contribution is 2.35. The fraction of sp³-hybridized carbons (Fsp3) is 0.412. The third-order valence-corrected chi connectivity index (χ3v) is 6.80. The van der Waals surface area contributed by atoms with E-state index in [1.165, 1.54) is 14.2 Å². The van der Waals surface area contributed by atoms with Crippen molar-refractivity contribution in [1.82, 2.24) is 15.3 Å². The maximum atomic E-state index is 12.1. The minimum absolute atomic E-state index is 0.114. The molecule has 3 N–H and O–H groups in total. The Balaban J connectivity index is 0.000000209. The van der Waals surface area contributed by atoms with Gasteiger partial charge < -0.3 is 39.0 Å². The molecule has 12 nitrogen and oxygen atoms in total. The van der Waals surface area contributed by atoms with E-state index in [4.69, 9.17) is 23.7 Å². The number of nitrogens with one attached hydrogen (secondary N) is 3. The highest BCUT2D eigenvalue weighted by Gasteiger charge is 2.41. The highest BCUT2D eigenvalue weighted by molar-refractivity contribution is 5.89. The lowest BCUT2D eigenvalue weighted by Gasteiger charge is -2.22. The Morgan fingerprint density at radius 1 is 0.870 bits per heavy atom. The van der Waals surface area contributed by atoms with E-state index in [0.717, 1.165) is 32.9 Å². The molecular weight excluding hydrogens is 592 g/mol. The number of nitrogens with zero attached hydrogens (tertiary/aromatic N) is 1. The van der Waals surface area contributed by atoms with Gasteiger partial charge in [0.05, 0.1) is 14.2 Å². The molecule has 0 radical (unpaired) electrons. The second kappa shape index (κ2) is 14.0. The number of para-hydroxylation sites is 2. The van der Waals surface area contributed by atoms with Crippen LogP contribution in [0.15, 0.2) is 65.9 Å². The molecule has 246 valence electrons. The van der Waals surface area contributed by atoms with E-state index in [2.05, 4.69) is 20.3 Å². The van der Waals surface area contributed by atoms with Gasteiger partial charge in [0.2, 0.25) is 0 Å². The molecule has 1 aliphatic rings. The number of esters is 2. The molecule has 12 heteroatoms. The lowest BCUT2D eigenvalue weighted by molar-refractivity contribution is -0.144. The molecule has 3 atom stereocenters. The summed E-state index contributed by atoms with van der Waals surface area (Å²) in [6.45, 7) is 11.0. The molecule has 0 fully saturated rings. The molecule has 46 heavy (non-hydrogen) atoms. The molecule has 0 bridgehead atoms. The number of aliphatic imine (C=N–C) groups is 1. The smallest absolute Gasteiger partial charge is 0.408 e. The molecule has 0 aliphatic carbocycles. The Labute approximate surface area is 267 Å². The Hall–Kier alpha value is -5.00. The Kier molecular flexibility index (Phi) is 10.3. The molecule has 3 heterocycles. The first-order valence-corrected chi connectivity index (χ1v) is 14.9. The lowest BCUT2D eigenvalue weighted by Crippen LogP contribution is -2.45. The molecule has 2 aromatic carbocycles. The minimum atomic E-state index is -0.811. The van der Waals surface area contributed by atoms with Crippen molar-refractivity contribution in [2.75, 3.05) is 14.2 Å². The number of fused-ring (bicyclic) bond motifs is 2. The second-order valence-corrected chi connectivity index (χ2v) is 12.7. The van der Waals surface area contributed by atoms with Crippen LogP contribution in [0.2, 0.25) is 0 Å². The van der Waals surface area contributed by atoms with Gasteiger partial charge in [-0.05, 0) is 59.2 Å². The number of benzene rings is 2. The summed E-state index contributed by atoms with van der Waals surface area (Å²) in [5.74, 6) is -0.964. The number of aromatic nitrogens is 2. The summed E-state index contributed by atoms with van der Waals surface area (Å²) < 4.78 is 26.4. The topological polar surface area (TPSA) is 153 Å². The Bertz CT molecular complexity index is 1710. The largest absolute Gasteiger partial charge is 0.467 e. The zero-order chi connectivity index (χ0) is 33.6. The van der Waals surface area contributed by atoms with Crippen LogP contribution in [0, 0.1) is 0 Å². The van der Waals surface area contributed by atoms with Gasteiger partial charge >= 0.3 is 24.1 Å². The minimum Gasteiger partial charge on any atom is -0.467 e. The molecule has 2 aromatic heterocycles. The predicted molar refractivity (Wildman–Crippen MR) is 173 cm³/mol. The maximum absolute atomic E-state index is 12.1. The highest BCUT2D eigenvalue weighted by atomic mass is 16.7. The number of H-pyrrole nitrogens is 2. The van der Waals surface area contributed by atoms with Crippen LogP contribution in [0.3, 0.4) is 0 Å². The van der Waals surface area contributed by atoms with Crippen molar-refractivity contribution in [3.63, 3.8) is 0 Å². The van der Waals surface area contributed by atoms with Crippen LogP contribution >= 0.6 is 0 Å². The van der Waals surface area contributed by atoms with Crippen molar-refractivity contribution in [1.29, 1.82) is 0 Å². The lowest BCUT2D eigenvalue weighted by atomic mass is 10.0. The quantitative estimate of drug-likeness (QED) is 0.180. The van der Waals surface area contributed by atoms with Gasteiger partial charge in [-0.25, -0.2) is 14.4 Å². The Morgan fingerprint density at radius 2 is 1.48 bits per heavy atom. The average Bonchev–Trinajstić information content (AvgIpc) is 3.71. The van der Waals surface area contributed by atoms with E-state index in [0.29, 0.717) is 6.42 Å². The van der Waals surface area contributed by atoms with Gasteiger partial charge in [0.1, 0.15) is 17.2 Å². The van der Waals surface area contributed by atoms with Gasteiger partial charge in [0.15, 0.2) is 12.1 Å². The first kappa shape index (κ1) is 33.9. The summed E-state index contributed by atoms with van der Waals surface area (Å²) in [6.07, 6.45) is 2.88. The van der Waals surface area contributed by atoms with Crippen molar-refractivity contribution in [3.05, 3.63) is 72.1 Å². The van der Waals surface area contributed by atoms with Crippen molar-refractivity contribution >= 4 is 45.9 Å². The number of carbonyl (C=O) groups is 3. The SMILES string of the molecule is COC(=O)C(Cc1c[nH]c2ccccc12)NC(=O)OC(C)(C)C.COC(=O)C1N=C(OC(C)(C)C)OC1c1c[nH]c2ccccc12. The van der Waals surface area contributed by atoms with Crippen LogP contribution in [-0.4, -0.2) is 71.6 Å². The molecule has 1 aliphatic heterocycles. The van der Waals surface area contributed by atoms with Gasteiger partial charge in [-0.2, -0.15) is 4.99 Å². The fourth-order valence-corrected chi connectivity index (χ4v) is 4.86.